The van der Waals surface area contributed by atoms with Gasteiger partial charge in [0.1, 0.15) is 19.3 Å². The van der Waals surface area contributed by atoms with Gasteiger partial charge in [-0.25, -0.2) is 9.13 Å². The molecule has 0 aliphatic carbocycles. The number of aliphatic hydroxyl groups excluding tert-OH is 1. The Hall–Kier alpha value is -1.94. The SMILES string of the molecule is CCCCCCCCCCCCCCCCCCC(=O)OC[C@H](COP(=O)(O)OC[C@@H](O)COP(=O)(O)OC[C@@H](COC(=O)CCCCCCCCCC(C)C)OC(=O)CCCCCCCCCCCCCCC)OC(=O)CCCCCCCCCCCCCCCCCC. The van der Waals surface area contributed by atoms with Crippen molar-refractivity contribution in [3.05, 3.63) is 0 Å². The molecule has 0 spiro atoms. The van der Waals surface area contributed by atoms with E-state index in [1.54, 1.807) is 0 Å². The smallest absolute Gasteiger partial charge is 0.462 e. The fourth-order valence-corrected chi connectivity index (χ4v) is 13.3. The maximum atomic E-state index is 13.1. The van der Waals surface area contributed by atoms with E-state index in [2.05, 4.69) is 34.6 Å². The Morgan fingerprint density at radius 1 is 0.284 bits per heavy atom. The van der Waals surface area contributed by atoms with Crippen LogP contribution < -0.4 is 0 Å². The van der Waals surface area contributed by atoms with E-state index in [1.807, 2.05) is 0 Å². The number of unbranched alkanes of at least 4 members (excludes halogenated alkanes) is 48. The number of hydrogen-bond acceptors (Lipinski definition) is 15. The Labute approximate surface area is 581 Å². The van der Waals surface area contributed by atoms with Crippen molar-refractivity contribution in [1.82, 2.24) is 0 Å². The summed E-state index contributed by atoms with van der Waals surface area (Å²) in [5.74, 6) is -1.41. The zero-order chi connectivity index (χ0) is 69.8. The van der Waals surface area contributed by atoms with Crippen molar-refractivity contribution in [2.75, 3.05) is 39.6 Å². The van der Waals surface area contributed by atoms with E-state index in [0.29, 0.717) is 31.6 Å². The van der Waals surface area contributed by atoms with Gasteiger partial charge in [0.25, 0.3) is 0 Å². The van der Waals surface area contributed by atoms with Crippen molar-refractivity contribution in [3.63, 3.8) is 0 Å². The summed E-state index contributed by atoms with van der Waals surface area (Å²) in [6, 6.07) is 0. The van der Waals surface area contributed by atoms with Crippen molar-refractivity contribution in [2.45, 2.75) is 419 Å². The van der Waals surface area contributed by atoms with Crippen LogP contribution in [0.4, 0.5) is 0 Å². The third-order valence-corrected chi connectivity index (χ3v) is 19.7. The molecule has 0 aromatic heterocycles. The van der Waals surface area contributed by atoms with Gasteiger partial charge in [0.05, 0.1) is 26.4 Å². The second kappa shape index (κ2) is 69.2. The molecular weight excluding hydrogens is 1250 g/mol. The maximum absolute atomic E-state index is 13.1. The molecule has 0 aliphatic heterocycles. The molecule has 0 radical (unpaired) electrons. The van der Waals surface area contributed by atoms with Crippen molar-refractivity contribution in [1.29, 1.82) is 0 Å². The van der Waals surface area contributed by atoms with Gasteiger partial charge in [0.15, 0.2) is 12.2 Å². The Morgan fingerprint density at radius 3 is 0.716 bits per heavy atom. The Kier molecular flexibility index (Phi) is 67.7. The van der Waals surface area contributed by atoms with Crippen LogP contribution in [-0.4, -0.2) is 96.7 Å². The zero-order valence-electron chi connectivity index (χ0n) is 61.8. The lowest BCUT2D eigenvalue weighted by molar-refractivity contribution is -0.161. The lowest BCUT2D eigenvalue weighted by atomic mass is 10.0. The van der Waals surface area contributed by atoms with Gasteiger partial charge in [-0.2, -0.15) is 0 Å². The van der Waals surface area contributed by atoms with Gasteiger partial charge in [-0.3, -0.25) is 37.3 Å². The minimum Gasteiger partial charge on any atom is -0.462 e. The van der Waals surface area contributed by atoms with Gasteiger partial charge < -0.3 is 33.8 Å². The molecule has 0 saturated carbocycles. The number of aliphatic hydroxyl groups is 1. The molecule has 0 aliphatic rings. The first kappa shape index (κ1) is 93.1. The molecule has 0 aromatic carbocycles. The lowest BCUT2D eigenvalue weighted by Gasteiger charge is -2.21. The van der Waals surface area contributed by atoms with Crippen molar-refractivity contribution in [3.8, 4) is 0 Å². The Balaban J connectivity index is 5.24. The van der Waals surface area contributed by atoms with Crippen LogP contribution in [0.1, 0.15) is 401 Å². The van der Waals surface area contributed by atoms with E-state index in [0.717, 1.165) is 96.3 Å². The molecule has 0 fully saturated rings. The summed E-state index contributed by atoms with van der Waals surface area (Å²) in [6.07, 6.45) is 58.2. The minimum atomic E-state index is -4.96. The average Bonchev–Trinajstić information content (AvgIpc) is 1.55. The van der Waals surface area contributed by atoms with Gasteiger partial charge in [-0.1, -0.05) is 349 Å². The number of carbonyl (C=O) groups excluding carboxylic acids is 4. The topological polar surface area (TPSA) is 237 Å². The number of phosphoric acid groups is 2. The highest BCUT2D eigenvalue weighted by atomic mass is 31.2. The fourth-order valence-electron chi connectivity index (χ4n) is 11.7. The first-order chi connectivity index (χ1) is 46.0. The van der Waals surface area contributed by atoms with Crippen LogP contribution in [0.15, 0.2) is 0 Å². The van der Waals surface area contributed by atoms with Crippen LogP contribution in [0.5, 0.6) is 0 Å². The molecule has 0 saturated heterocycles. The summed E-state index contributed by atoms with van der Waals surface area (Å²) in [6.45, 7) is 7.25. The first-order valence-corrected chi connectivity index (χ1v) is 42.6. The molecule has 0 bridgehead atoms. The van der Waals surface area contributed by atoms with Crippen LogP contribution in [0.2, 0.25) is 0 Å². The molecule has 3 N–H and O–H groups in total. The van der Waals surface area contributed by atoms with Crippen LogP contribution in [0, 0.1) is 5.92 Å². The van der Waals surface area contributed by atoms with Gasteiger partial charge in [-0.15, -0.1) is 0 Å². The minimum absolute atomic E-state index is 0.107. The molecule has 2 unspecified atom stereocenters. The molecule has 0 heterocycles. The zero-order valence-corrected chi connectivity index (χ0v) is 63.6. The molecular formula is C76H148O17P2. The highest BCUT2D eigenvalue weighted by molar-refractivity contribution is 7.47. The second-order valence-corrected chi connectivity index (χ2v) is 30.8. The van der Waals surface area contributed by atoms with Crippen LogP contribution in [0.3, 0.4) is 0 Å². The van der Waals surface area contributed by atoms with E-state index in [4.69, 9.17) is 37.0 Å². The van der Waals surface area contributed by atoms with Crippen molar-refractivity contribution >= 4 is 39.5 Å². The van der Waals surface area contributed by atoms with Gasteiger partial charge in [0.2, 0.25) is 0 Å². The monoisotopic (exact) mass is 1400 g/mol. The van der Waals surface area contributed by atoms with Crippen molar-refractivity contribution in [2.24, 2.45) is 5.92 Å². The van der Waals surface area contributed by atoms with E-state index in [9.17, 15) is 43.2 Å². The van der Waals surface area contributed by atoms with Gasteiger partial charge in [-0.05, 0) is 31.6 Å². The summed E-state index contributed by atoms with van der Waals surface area (Å²) in [7, 11) is -9.91. The molecule has 95 heavy (non-hydrogen) atoms. The quantitative estimate of drug-likeness (QED) is 0.0222. The summed E-state index contributed by atoms with van der Waals surface area (Å²) < 4.78 is 68.5. The van der Waals surface area contributed by atoms with E-state index >= 15 is 0 Å². The van der Waals surface area contributed by atoms with Crippen LogP contribution >= 0.6 is 15.6 Å². The molecule has 564 valence electrons. The molecule has 5 atom stereocenters. The number of hydrogen-bond donors (Lipinski definition) is 3. The van der Waals surface area contributed by atoms with Crippen LogP contribution in [0.25, 0.3) is 0 Å². The number of phosphoric ester groups is 2. The lowest BCUT2D eigenvalue weighted by Crippen LogP contribution is -2.30. The predicted octanol–water partition coefficient (Wildman–Crippen LogP) is 22.5. The van der Waals surface area contributed by atoms with E-state index in [-0.39, 0.29) is 25.7 Å². The van der Waals surface area contributed by atoms with E-state index in [1.165, 1.54) is 218 Å². The molecule has 17 nitrogen and oxygen atoms in total. The number of esters is 4. The Bertz CT molecular complexity index is 1820. The highest BCUT2D eigenvalue weighted by Crippen LogP contribution is 2.45. The second-order valence-electron chi connectivity index (χ2n) is 27.9. The number of ether oxygens (including phenoxy) is 4. The van der Waals surface area contributed by atoms with Crippen molar-refractivity contribution < 1.29 is 80.2 Å². The molecule has 0 aromatic rings. The summed E-state index contributed by atoms with van der Waals surface area (Å²) >= 11 is 0. The standard InChI is InChI=1S/C76H148O17P2/c1-6-9-12-15-18-21-24-27-29-31-34-36-39-44-49-54-59-73(78)86-65-71(92-76(81)62-57-52-46-41-38-35-32-30-28-25-22-19-16-13-10-7-2)67-90-94(82,83)88-63-70(77)64-89-95(84,85)91-68-72(66-87-74(79)60-55-50-47-42-43-48-53-58-69(4)5)93-75(80)61-56-51-45-40-37-33-26-23-20-17-14-11-8-3/h69-72,77H,6-68H2,1-5H3,(H,82,83)(H,84,85)/t70-,71-,72-/m1/s1. The predicted molar refractivity (Wildman–Crippen MR) is 386 cm³/mol. The first-order valence-electron chi connectivity index (χ1n) is 39.6. The normalized spacial score (nSPS) is 13.9. The molecule has 0 rings (SSSR count). The third-order valence-electron chi connectivity index (χ3n) is 17.8. The number of rotatable bonds is 76. The summed E-state index contributed by atoms with van der Waals surface area (Å²) in [4.78, 5) is 72.8. The van der Waals surface area contributed by atoms with Gasteiger partial charge >= 0.3 is 39.5 Å². The average molecular weight is 1400 g/mol. The van der Waals surface area contributed by atoms with E-state index < -0.39 is 97.5 Å². The highest BCUT2D eigenvalue weighted by Gasteiger charge is 2.30. The summed E-state index contributed by atoms with van der Waals surface area (Å²) in [5.41, 5.74) is 0. The van der Waals surface area contributed by atoms with Gasteiger partial charge in [0, 0.05) is 25.7 Å². The largest absolute Gasteiger partial charge is 0.472 e. The van der Waals surface area contributed by atoms with Crippen LogP contribution in [-0.2, 0) is 65.4 Å². The molecule has 19 heteroatoms. The third kappa shape index (κ3) is 70.3. The fraction of sp³-hybridized carbons (Fsp3) is 0.947. The Morgan fingerprint density at radius 2 is 0.484 bits per heavy atom. The number of carbonyl (C=O) groups is 4. The maximum Gasteiger partial charge on any atom is 0.472 e. The summed E-state index contributed by atoms with van der Waals surface area (Å²) in [5, 5.41) is 10.6. The molecule has 0 amide bonds.